The molecule has 0 aromatic rings. The summed E-state index contributed by atoms with van der Waals surface area (Å²) >= 11 is 0. The monoisotopic (exact) mass is 1350 g/mol. The molecule has 0 spiro atoms. The predicted octanol–water partition coefficient (Wildman–Crippen LogP) is 14.5. The number of carboxylic acids is 1. The van der Waals surface area contributed by atoms with Gasteiger partial charge >= 0.3 is 21.6 Å². The number of hydrogen-bond donors (Lipinski definition) is 9. The Morgan fingerprint density at radius 3 is 1.04 bits per heavy atom. The molecule has 0 radical (unpaired) electrons. The molecule has 93 heavy (non-hydrogen) atoms. The molecule has 2 unspecified atom stereocenters. The summed E-state index contributed by atoms with van der Waals surface area (Å²) in [5.41, 5.74) is 15.1. The van der Waals surface area contributed by atoms with Crippen molar-refractivity contribution in [2.45, 2.75) is 287 Å². The van der Waals surface area contributed by atoms with Crippen LogP contribution in [0.5, 0.6) is 0 Å². The standard InChI is InChI=1S/C71H116N2O18P2/c1-48(2)25-15-26-49(3)27-16-28-50(4)29-17-30-51(5)31-18-32-52(6)33-19-34-53(7)35-20-36-54(8)37-21-38-55(9)39-22-40-56(10)41-23-42-57(11)43-24-44-58(12)45-46-86-92(82,83)91-93(84,85)90-71-63(73-60(14)76)65(78)67(61(47-74)87-71)88-70-62(72-59(13)75)64(77)66(79)68(89-70)69(80)81/h25,27,29,31,33,35,37,39,41,43,45,61-68,70-71,74,77-79H,15-24,26,28,30,32,34,36,38,40,42,44,46-47H2,1-14H3,(H,72,75)(H,73,76)(H,80,81)(H,82,83)(H,84,85)/b49-27+,50-29+,51-31+,52-33+,53-35-,54-37+,55-39+,56-41+,57-43+,58-45+/t61-,62+,63-,64-,65-,66+,67-,68+,70-,71-/m1/s1. The number of nitrogens with one attached hydrogen (secondary N) is 2. The van der Waals surface area contributed by atoms with Crippen LogP contribution in [0.3, 0.4) is 0 Å². The van der Waals surface area contributed by atoms with Crippen molar-refractivity contribution in [1.82, 2.24) is 10.6 Å². The zero-order chi connectivity index (χ0) is 69.8. The van der Waals surface area contributed by atoms with Gasteiger partial charge in [-0.05, 0) is 212 Å². The summed E-state index contributed by atoms with van der Waals surface area (Å²) in [6, 6.07) is -3.50. The highest BCUT2D eigenvalue weighted by Crippen LogP contribution is 2.61. The third-order valence-electron chi connectivity index (χ3n) is 16.2. The fraction of sp³-hybridized carbons (Fsp3) is 0.648. The van der Waals surface area contributed by atoms with Crippen LogP contribution >= 0.6 is 15.6 Å². The number of aliphatic carboxylic acids is 1. The van der Waals surface area contributed by atoms with Gasteiger partial charge in [0.2, 0.25) is 11.8 Å². The van der Waals surface area contributed by atoms with Crippen molar-refractivity contribution in [2.75, 3.05) is 13.2 Å². The summed E-state index contributed by atoms with van der Waals surface area (Å²) in [4.78, 5) is 56.9. The molecule has 2 fully saturated rings. The molecule has 528 valence electrons. The van der Waals surface area contributed by atoms with E-state index in [2.05, 4.69) is 152 Å². The van der Waals surface area contributed by atoms with E-state index < -0.39 is 108 Å². The largest absolute Gasteiger partial charge is 0.483 e. The first kappa shape index (κ1) is 84.6. The molecule has 2 heterocycles. The summed E-state index contributed by atoms with van der Waals surface area (Å²) in [5, 5.41) is 56.6. The van der Waals surface area contributed by atoms with Crippen molar-refractivity contribution in [3.63, 3.8) is 0 Å². The van der Waals surface area contributed by atoms with Crippen LogP contribution in [0.25, 0.3) is 0 Å². The lowest BCUT2D eigenvalue weighted by Gasteiger charge is -2.47. The number of hydrogen-bond acceptors (Lipinski definition) is 15. The first-order valence-electron chi connectivity index (χ1n) is 33.0. The smallest absolute Gasteiger partial charge is 0.479 e. The minimum Gasteiger partial charge on any atom is -0.479 e. The van der Waals surface area contributed by atoms with Crippen LogP contribution in [0, 0.1) is 0 Å². The van der Waals surface area contributed by atoms with Crippen molar-refractivity contribution < 1.29 is 86.4 Å². The van der Waals surface area contributed by atoms with Gasteiger partial charge in [-0.25, -0.2) is 13.9 Å². The molecule has 2 amide bonds. The maximum absolute atomic E-state index is 13.1. The minimum absolute atomic E-state index is 0.500. The van der Waals surface area contributed by atoms with Crippen LogP contribution < -0.4 is 10.6 Å². The van der Waals surface area contributed by atoms with Crippen LogP contribution in [0.15, 0.2) is 128 Å². The fourth-order valence-electron chi connectivity index (χ4n) is 10.5. The third kappa shape index (κ3) is 37.0. The second kappa shape index (κ2) is 45.1. The Morgan fingerprint density at radius 1 is 0.430 bits per heavy atom. The number of carbonyl (C=O) groups is 3. The molecule has 0 aliphatic carbocycles. The first-order chi connectivity index (χ1) is 43.7. The lowest BCUT2D eigenvalue weighted by molar-refractivity contribution is -0.321. The molecule has 12 atom stereocenters. The molecule has 0 saturated carbocycles. The first-order valence-corrected chi connectivity index (χ1v) is 36.0. The van der Waals surface area contributed by atoms with E-state index in [1.54, 1.807) is 6.92 Å². The number of carboxylic acid groups (broad SMARTS) is 1. The topological polar surface area (TPSA) is 306 Å². The van der Waals surface area contributed by atoms with Gasteiger partial charge in [0.25, 0.3) is 0 Å². The van der Waals surface area contributed by atoms with Gasteiger partial charge < -0.3 is 60.2 Å². The van der Waals surface area contributed by atoms with Gasteiger partial charge in [-0.15, -0.1) is 0 Å². The molecule has 2 rings (SSSR count). The SMILES string of the molecule is CC(=O)N[C@@H]1[C@H](O[C@H]2[C@H](O)[C@@H](NC(C)=O)[C@@H](OP(=O)(O)OP(=O)(O)OC/C=C(\C)CC/C=C(\C)CC/C=C(\C)CC/C=C(\C)CC/C=C(\C)CC/C=C(/C)CC/C=C(\C)CC/C=C(\C)CC/C=C(\C)CC/C=C(\C)CCC=C(C)C)O[C@@H]2CO)O[C@H](C(=O)O)[C@@H](O)[C@@H]1O. The Bertz CT molecular complexity index is 2800. The fourth-order valence-corrected chi connectivity index (χ4v) is 12.6. The van der Waals surface area contributed by atoms with Crippen molar-refractivity contribution in [2.24, 2.45) is 0 Å². The lowest BCUT2D eigenvalue weighted by atomic mass is 9.94. The van der Waals surface area contributed by atoms with Crippen LogP contribution in [0.2, 0.25) is 0 Å². The number of aliphatic hydroxyl groups is 4. The molecule has 2 aliphatic rings. The van der Waals surface area contributed by atoms with Gasteiger partial charge in [-0.1, -0.05) is 128 Å². The van der Waals surface area contributed by atoms with Crippen LogP contribution in [0.4, 0.5) is 0 Å². The summed E-state index contributed by atoms with van der Waals surface area (Å²) in [7, 11) is -11.0. The van der Waals surface area contributed by atoms with E-state index in [9.17, 15) is 58.8 Å². The molecular formula is C71H116N2O18P2. The zero-order valence-corrected chi connectivity index (χ0v) is 60.0. The second-order valence-electron chi connectivity index (χ2n) is 25.6. The lowest BCUT2D eigenvalue weighted by Crippen LogP contribution is -2.69. The van der Waals surface area contributed by atoms with Gasteiger partial charge in [-0.3, -0.25) is 18.6 Å². The van der Waals surface area contributed by atoms with Crippen molar-refractivity contribution in [3.8, 4) is 0 Å². The average molecular weight is 1350 g/mol. The van der Waals surface area contributed by atoms with E-state index in [1.807, 2.05) is 0 Å². The van der Waals surface area contributed by atoms with E-state index in [0.29, 0.717) is 12.8 Å². The van der Waals surface area contributed by atoms with Gasteiger partial charge in [0.05, 0.1) is 13.2 Å². The summed E-state index contributed by atoms with van der Waals surface area (Å²) in [5.74, 6) is -3.36. The molecule has 22 heteroatoms. The number of aliphatic hydroxyl groups excluding tert-OH is 4. The van der Waals surface area contributed by atoms with Gasteiger partial charge in [0.1, 0.15) is 42.6 Å². The van der Waals surface area contributed by atoms with Crippen molar-refractivity contribution in [1.29, 1.82) is 0 Å². The highest BCUT2D eigenvalue weighted by Gasteiger charge is 2.54. The Morgan fingerprint density at radius 2 is 0.742 bits per heavy atom. The maximum atomic E-state index is 13.1. The van der Waals surface area contributed by atoms with E-state index in [0.717, 1.165) is 135 Å². The summed E-state index contributed by atoms with van der Waals surface area (Å²) < 4.78 is 57.0. The number of phosphoric acid groups is 2. The number of carbonyl (C=O) groups excluding carboxylic acids is 2. The quantitative estimate of drug-likeness (QED) is 0.0202. The molecule has 2 aliphatic heterocycles. The van der Waals surface area contributed by atoms with Crippen LogP contribution in [-0.4, -0.2) is 128 Å². The van der Waals surface area contributed by atoms with Gasteiger partial charge in [0, 0.05) is 13.8 Å². The zero-order valence-electron chi connectivity index (χ0n) is 58.2. The maximum Gasteiger partial charge on any atom is 0.483 e. The number of phosphoric ester groups is 2. The number of allylic oxidation sites excluding steroid dienone is 21. The highest BCUT2D eigenvalue weighted by atomic mass is 31.3. The second-order valence-corrected chi connectivity index (χ2v) is 28.6. The summed E-state index contributed by atoms with van der Waals surface area (Å²) in [6.07, 6.45) is 29.9. The molecule has 9 N–H and O–H groups in total. The summed E-state index contributed by atoms with van der Waals surface area (Å²) in [6.45, 7) is 26.7. The number of rotatable bonds is 43. The average Bonchev–Trinajstić information content (AvgIpc) is 0.780. The highest BCUT2D eigenvalue weighted by molar-refractivity contribution is 7.61. The minimum atomic E-state index is -5.67. The third-order valence-corrected chi connectivity index (χ3v) is 18.8. The van der Waals surface area contributed by atoms with Crippen LogP contribution in [-0.2, 0) is 51.1 Å². The van der Waals surface area contributed by atoms with Crippen molar-refractivity contribution in [3.05, 3.63) is 128 Å². The molecule has 0 aromatic heterocycles. The van der Waals surface area contributed by atoms with E-state index in [1.165, 1.54) is 61.8 Å². The van der Waals surface area contributed by atoms with Gasteiger partial charge in [-0.2, -0.15) is 4.31 Å². The normalized spacial score (nSPS) is 24.9. The van der Waals surface area contributed by atoms with Gasteiger partial charge in [0.15, 0.2) is 18.7 Å². The molecule has 0 aromatic carbocycles. The molecule has 2 saturated heterocycles. The molecular weight excluding hydrogens is 1230 g/mol. The van der Waals surface area contributed by atoms with E-state index in [-0.39, 0.29) is 0 Å². The Hall–Kier alpha value is -4.47. The van der Waals surface area contributed by atoms with Crippen molar-refractivity contribution >= 4 is 33.4 Å². The number of amides is 2. The molecule has 20 nitrogen and oxygen atoms in total. The van der Waals surface area contributed by atoms with E-state index in [4.69, 9.17) is 23.3 Å². The predicted molar refractivity (Wildman–Crippen MR) is 367 cm³/mol. The van der Waals surface area contributed by atoms with Crippen LogP contribution in [0.1, 0.15) is 225 Å². The Labute approximate surface area is 556 Å². The Balaban J connectivity index is 1.72. The molecule has 0 bridgehead atoms. The van der Waals surface area contributed by atoms with E-state index >= 15 is 0 Å². The Kier molecular flexibility index (Phi) is 41.0. The number of ether oxygens (including phenoxy) is 3.